The minimum Gasteiger partial charge on any atom is -0.469 e. The van der Waals surface area contributed by atoms with E-state index in [0.29, 0.717) is 37.3 Å². The SMILES string of the molecule is CCC[C@@H](CCCNc1ncc(C(F)(F)F)c(OC2COC2)n1)N(C(=O)NCc1ccccn1)c1ccc(-c2cnc(CC)nc2)cn1. The van der Waals surface area contributed by atoms with Crippen LogP contribution in [0.25, 0.3) is 11.1 Å². The van der Waals surface area contributed by atoms with Crippen molar-refractivity contribution in [3.8, 4) is 17.0 Å². The molecule has 12 nitrogen and oxygen atoms in total. The lowest BCUT2D eigenvalue weighted by atomic mass is 10.0. The molecule has 4 aromatic heterocycles. The molecule has 1 atom stereocenters. The van der Waals surface area contributed by atoms with Crippen molar-refractivity contribution in [3.05, 3.63) is 78.4 Å². The van der Waals surface area contributed by atoms with Crippen LogP contribution in [0, 0.1) is 0 Å². The number of aryl methyl sites for hydroxylation is 1. The van der Waals surface area contributed by atoms with Crippen molar-refractivity contribution in [3.63, 3.8) is 0 Å². The van der Waals surface area contributed by atoms with Crippen molar-refractivity contribution >= 4 is 17.8 Å². The highest BCUT2D eigenvalue weighted by molar-refractivity contribution is 5.91. The van der Waals surface area contributed by atoms with Crippen LogP contribution in [-0.2, 0) is 23.9 Å². The van der Waals surface area contributed by atoms with E-state index in [-0.39, 0.29) is 37.8 Å². The molecule has 2 amide bonds. The number of urea groups is 1. The highest BCUT2D eigenvalue weighted by Crippen LogP contribution is 2.36. The number of hydrogen-bond acceptors (Lipinski definition) is 10. The zero-order chi connectivity index (χ0) is 33.9. The second-order valence-corrected chi connectivity index (χ2v) is 11.2. The summed E-state index contributed by atoms with van der Waals surface area (Å²) in [6, 6.07) is 8.62. The number of anilines is 2. The van der Waals surface area contributed by atoms with E-state index in [9.17, 15) is 18.0 Å². The van der Waals surface area contributed by atoms with E-state index in [2.05, 4.69) is 40.5 Å². The maximum Gasteiger partial charge on any atom is 0.423 e. The van der Waals surface area contributed by atoms with Crippen LogP contribution in [0.2, 0.25) is 0 Å². The Morgan fingerprint density at radius 3 is 2.42 bits per heavy atom. The number of pyridine rings is 2. The van der Waals surface area contributed by atoms with E-state index in [1.54, 1.807) is 35.8 Å². The molecule has 0 bridgehead atoms. The van der Waals surface area contributed by atoms with Gasteiger partial charge in [0.05, 0.1) is 25.5 Å². The number of rotatable bonds is 15. The zero-order valence-corrected chi connectivity index (χ0v) is 26.8. The number of hydrogen-bond donors (Lipinski definition) is 2. The largest absolute Gasteiger partial charge is 0.469 e. The summed E-state index contributed by atoms with van der Waals surface area (Å²) in [6.45, 7) is 5.01. The van der Waals surface area contributed by atoms with Crippen LogP contribution in [0.4, 0.5) is 29.7 Å². The summed E-state index contributed by atoms with van der Waals surface area (Å²) in [5.41, 5.74) is 1.30. The van der Waals surface area contributed by atoms with Gasteiger partial charge in [-0.05, 0) is 43.5 Å². The first kappa shape index (κ1) is 34.4. The number of amides is 2. The molecule has 5 heterocycles. The average molecular weight is 666 g/mol. The van der Waals surface area contributed by atoms with Crippen LogP contribution in [0.15, 0.2) is 61.3 Å². The molecule has 0 aliphatic carbocycles. The Morgan fingerprint density at radius 1 is 1.00 bits per heavy atom. The zero-order valence-electron chi connectivity index (χ0n) is 26.8. The molecule has 1 aliphatic heterocycles. The average Bonchev–Trinajstić information content (AvgIpc) is 3.08. The lowest BCUT2D eigenvalue weighted by molar-refractivity contribution is -0.142. The Kier molecular flexibility index (Phi) is 11.7. The molecule has 2 N–H and O–H groups in total. The summed E-state index contributed by atoms with van der Waals surface area (Å²) in [5, 5.41) is 5.98. The van der Waals surface area contributed by atoms with E-state index < -0.39 is 23.7 Å². The van der Waals surface area contributed by atoms with Gasteiger partial charge in [-0.2, -0.15) is 18.2 Å². The second kappa shape index (κ2) is 16.3. The minimum atomic E-state index is -4.66. The van der Waals surface area contributed by atoms with E-state index >= 15 is 0 Å². The number of nitrogens with zero attached hydrogens (tertiary/aromatic N) is 7. The third-order valence-electron chi connectivity index (χ3n) is 7.64. The summed E-state index contributed by atoms with van der Waals surface area (Å²) < 4.78 is 51.0. The molecule has 1 saturated heterocycles. The fourth-order valence-corrected chi connectivity index (χ4v) is 5.05. The van der Waals surface area contributed by atoms with Gasteiger partial charge in [-0.25, -0.2) is 24.7 Å². The number of nitrogens with one attached hydrogen (secondary N) is 2. The number of aromatic nitrogens is 6. The van der Waals surface area contributed by atoms with Gasteiger partial charge in [0.1, 0.15) is 23.3 Å². The Hall–Kier alpha value is -4.92. The standard InChI is InChI=1S/C33H38F3N9O3/c1-3-8-25(10-7-14-38-31-42-19-27(33(34,35)36)30(44-31)48-26-20-47-21-26)45(32(46)43-18-24-9-5-6-13-37-24)29-12-11-22(15-41-29)23-16-39-28(4-2)40-17-23/h5-6,9,11-13,15-17,19,25-26H,3-4,7-8,10,14,18,20-21H2,1-2H3,(H,43,46)(H,38,42,44)/t25-/m0/s1. The third kappa shape index (κ3) is 9.12. The summed E-state index contributed by atoms with van der Waals surface area (Å²) in [6.07, 6.45) is 5.79. The summed E-state index contributed by atoms with van der Waals surface area (Å²) >= 11 is 0. The molecular weight excluding hydrogens is 627 g/mol. The Balaban J connectivity index is 1.29. The highest BCUT2D eigenvalue weighted by Gasteiger charge is 2.37. The molecule has 0 saturated carbocycles. The van der Waals surface area contributed by atoms with Crippen LogP contribution in [-0.4, -0.2) is 67.8 Å². The van der Waals surface area contributed by atoms with Crippen molar-refractivity contribution < 1.29 is 27.4 Å². The first-order valence-corrected chi connectivity index (χ1v) is 15.9. The quantitative estimate of drug-likeness (QED) is 0.148. The Morgan fingerprint density at radius 2 is 1.79 bits per heavy atom. The van der Waals surface area contributed by atoms with Crippen molar-refractivity contribution in [1.29, 1.82) is 0 Å². The van der Waals surface area contributed by atoms with Gasteiger partial charge in [0.2, 0.25) is 11.8 Å². The molecule has 5 rings (SSSR count). The summed E-state index contributed by atoms with van der Waals surface area (Å²) in [5.74, 6) is 0.708. The molecule has 1 aliphatic rings. The topological polar surface area (TPSA) is 140 Å². The van der Waals surface area contributed by atoms with Crippen LogP contribution >= 0.6 is 0 Å². The molecule has 0 spiro atoms. The van der Waals surface area contributed by atoms with Gasteiger partial charge in [-0.3, -0.25) is 9.88 Å². The lowest BCUT2D eigenvalue weighted by Gasteiger charge is -2.31. The number of carbonyl (C=O) groups excluding carboxylic acids is 1. The molecule has 0 radical (unpaired) electrons. The predicted octanol–water partition coefficient (Wildman–Crippen LogP) is 5.86. The fourth-order valence-electron chi connectivity index (χ4n) is 5.05. The van der Waals surface area contributed by atoms with Crippen molar-refractivity contribution in [1.82, 2.24) is 35.2 Å². The van der Waals surface area contributed by atoms with Gasteiger partial charge in [0, 0.05) is 61.1 Å². The molecular formula is C33H38F3N9O3. The number of alkyl halides is 3. The summed E-state index contributed by atoms with van der Waals surface area (Å²) in [4.78, 5) is 41.0. The van der Waals surface area contributed by atoms with Gasteiger partial charge in [-0.15, -0.1) is 0 Å². The molecule has 15 heteroatoms. The molecule has 254 valence electrons. The second-order valence-electron chi connectivity index (χ2n) is 11.2. The van der Waals surface area contributed by atoms with Gasteiger partial charge >= 0.3 is 12.2 Å². The van der Waals surface area contributed by atoms with Crippen molar-refractivity contribution in [2.75, 3.05) is 30.0 Å². The highest BCUT2D eigenvalue weighted by atomic mass is 19.4. The maximum atomic E-state index is 13.8. The summed E-state index contributed by atoms with van der Waals surface area (Å²) in [7, 11) is 0. The van der Waals surface area contributed by atoms with E-state index in [4.69, 9.17) is 9.47 Å². The monoisotopic (exact) mass is 665 g/mol. The predicted molar refractivity (Wildman–Crippen MR) is 172 cm³/mol. The van der Waals surface area contributed by atoms with E-state index in [0.717, 1.165) is 36.0 Å². The number of carbonyl (C=O) groups is 1. The Bertz CT molecular complexity index is 1610. The van der Waals surface area contributed by atoms with Crippen molar-refractivity contribution in [2.45, 2.75) is 70.8 Å². The molecule has 4 aromatic rings. The smallest absolute Gasteiger partial charge is 0.423 e. The van der Waals surface area contributed by atoms with Crippen LogP contribution in [0.1, 0.15) is 56.6 Å². The van der Waals surface area contributed by atoms with Crippen LogP contribution in [0.5, 0.6) is 5.88 Å². The Labute approximate surface area is 276 Å². The number of ether oxygens (including phenoxy) is 2. The van der Waals surface area contributed by atoms with Crippen LogP contribution < -0.4 is 20.3 Å². The van der Waals surface area contributed by atoms with Crippen LogP contribution in [0.3, 0.4) is 0 Å². The third-order valence-corrected chi connectivity index (χ3v) is 7.64. The van der Waals surface area contributed by atoms with E-state index in [1.807, 2.05) is 38.1 Å². The molecule has 48 heavy (non-hydrogen) atoms. The first-order valence-electron chi connectivity index (χ1n) is 15.9. The van der Waals surface area contributed by atoms with Gasteiger partial charge in [0.15, 0.2) is 0 Å². The minimum absolute atomic E-state index is 0.0171. The fraction of sp³-hybridized carbons (Fsp3) is 0.424. The maximum absolute atomic E-state index is 13.8. The van der Waals surface area contributed by atoms with Gasteiger partial charge in [0.25, 0.3) is 0 Å². The van der Waals surface area contributed by atoms with Gasteiger partial charge in [-0.1, -0.05) is 26.3 Å². The van der Waals surface area contributed by atoms with Crippen molar-refractivity contribution in [2.24, 2.45) is 0 Å². The lowest BCUT2D eigenvalue weighted by Crippen LogP contribution is -2.47. The van der Waals surface area contributed by atoms with E-state index in [1.165, 1.54) is 0 Å². The first-order chi connectivity index (χ1) is 23.2. The molecule has 1 fully saturated rings. The normalized spacial score (nSPS) is 13.8. The molecule has 0 unspecified atom stereocenters. The molecule has 0 aromatic carbocycles. The van der Waals surface area contributed by atoms with Gasteiger partial charge < -0.3 is 20.1 Å². The number of halogens is 3.